The number of nitrogens with zero attached hydrogens (tertiary/aromatic N) is 2. The average Bonchev–Trinajstić information content (AvgIpc) is 3.06. The molecule has 1 heterocycles. The van der Waals surface area contributed by atoms with Gasteiger partial charge in [-0.2, -0.15) is 0 Å². The van der Waals surface area contributed by atoms with Crippen molar-refractivity contribution in [1.82, 2.24) is 9.55 Å². The topological polar surface area (TPSA) is 17.8 Å². The average molecular weight is 263 g/mol. The maximum absolute atomic E-state index is 6.29. The van der Waals surface area contributed by atoms with Crippen LogP contribution in [0.1, 0.15) is 50.4 Å². The van der Waals surface area contributed by atoms with Crippen LogP contribution in [0.5, 0.6) is 0 Å². The van der Waals surface area contributed by atoms with Crippen LogP contribution in [0.25, 0.3) is 11.0 Å². The fourth-order valence-corrected chi connectivity index (χ4v) is 2.90. The number of hydrogen-bond acceptors (Lipinski definition) is 1. The first kappa shape index (κ1) is 12.0. The van der Waals surface area contributed by atoms with E-state index < -0.39 is 0 Å². The molecule has 1 saturated carbocycles. The van der Waals surface area contributed by atoms with Crippen molar-refractivity contribution in [3.8, 4) is 0 Å². The van der Waals surface area contributed by atoms with Crippen molar-refractivity contribution >= 4 is 22.6 Å². The fourth-order valence-electron chi connectivity index (χ4n) is 2.75. The molecule has 0 bridgehead atoms. The first-order chi connectivity index (χ1) is 8.66. The van der Waals surface area contributed by atoms with Gasteiger partial charge in [0.2, 0.25) is 0 Å². The van der Waals surface area contributed by atoms with E-state index in [9.17, 15) is 0 Å². The molecule has 1 aromatic carbocycles. The van der Waals surface area contributed by atoms with Gasteiger partial charge in [-0.1, -0.05) is 25.0 Å². The molecule has 0 saturated heterocycles. The van der Waals surface area contributed by atoms with Crippen molar-refractivity contribution in [3.05, 3.63) is 30.1 Å². The van der Waals surface area contributed by atoms with Crippen LogP contribution in [0.3, 0.4) is 0 Å². The molecule has 3 heteroatoms. The van der Waals surface area contributed by atoms with Crippen molar-refractivity contribution in [3.63, 3.8) is 0 Å². The maximum Gasteiger partial charge on any atom is 0.127 e. The Labute approximate surface area is 113 Å². The lowest BCUT2D eigenvalue weighted by molar-refractivity contribution is 0.472. The van der Waals surface area contributed by atoms with Crippen LogP contribution in [0.2, 0.25) is 0 Å². The summed E-state index contributed by atoms with van der Waals surface area (Å²) in [5.74, 6) is 1.92. The van der Waals surface area contributed by atoms with Crippen LogP contribution in [-0.4, -0.2) is 9.55 Å². The molecule has 3 rings (SSSR count). The van der Waals surface area contributed by atoms with E-state index in [1.54, 1.807) is 0 Å². The number of halogens is 1. The lowest BCUT2D eigenvalue weighted by atomic mass is 10.1. The van der Waals surface area contributed by atoms with Gasteiger partial charge in [0.1, 0.15) is 5.82 Å². The van der Waals surface area contributed by atoms with E-state index in [0.29, 0.717) is 6.04 Å². The minimum atomic E-state index is -0.0425. The first-order valence-electron chi connectivity index (χ1n) is 6.77. The van der Waals surface area contributed by atoms with Crippen molar-refractivity contribution < 1.29 is 0 Å². The highest BCUT2D eigenvalue weighted by Gasteiger charge is 2.26. The number of aromatic nitrogens is 2. The summed E-state index contributed by atoms with van der Waals surface area (Å²) in [5.41, 5.74) is 2.27. The molecule has 2 unspecified atom stereocenters. The van der Waals surface area contributed by atoms with Gasteiger partial charge in [0.25, 0.3) is 0 Å². The van der Waals surface area contributed by atoms with Gasteiger partial charge in [0, 0.05) is 6.04 Å². The highest BCUT2D eigenvalue weighted by atomic mass is 35.5. The minimum Gasteiger partial charge on any atom is -0.324 e. The van der Waals surface area contributed by atoms with Gasteiger partial charge in [0.05, 0.1) is 16.4 Å². The van der Waals surface area contributed by atoms with E-state index in [1.807, 2.05) is 13.0 Å². The zero-order chi connectivity index (χ0) is 12.7. The predicted molar refractivity (Wildman–Crippen MR) is 76.1 cm³/mol. The number of imidazole rings is 1. The molecule has 0 radical (unpaired) electrons. The second kappa shape index (κ2) is 4.58. The zero-order valence-corrected chi connectivity index (χ0v) is 11.7. The van der Waals surface area contributed by atoms with E-state index in [4.69, 9.17) is 16.6 Å². The molecule has 1 fully saturated rings. The number of rotatable bonds is 4. The number of benzene rings is 1. The van der Waals surface area contributed by atoms with Crippen molar-refractivity contribution in [1.29, 1.82) is 0 Å². The van der Waals surface area contributed by atoms with Gasteiger partial charge in [-0.05, 0) is 38.3 Å². The number of fused-ring (bicyclic) bond motifs is 1. The molecule has 0 amide bonds. The molecule has 2 nitrogen and oxygen atoms in total. The summed E-state index contributed by atoms with van der Waals surface area (Å²) in [6.45, 7) is 4.29. The predicted octanol–water partition coefficient (Wildman–Crippen LogP) is 4.70. The fraction of sp³-hybridized carbons (Fsp3) is 0.533. The first-order valence-corrected chi connectivity index (χ1v) is 7.21. The Balaban J connectivity index is 2.07. The zero-order valence-electron chi connectivity index (χ0n) is 10.9. The number of para-hydroxylation sites is 2. The van der Waals surface area contributed by atoms with Crippen LogP contribution in [0, 0.1) is 5.92 Å². The van der Waals surface area contributed by atoms with E-state index in [1.165, 1.54) is 24.8 Å². The quantitative estimate of drug-likeness (QED) is 0.731. The maximum atomic E-state index is 6.29. The van der Waals surface area contributed by atoms with E-state index in [0.717, 1.165) is 17.3 Å². The molecule has 0 aliphatic heterocycles. The molecule has 1 aliphatic carbocycles. The molecule has 0 N–H and O–H groups in total. The summed E-state index contributed by atoms with van der Waals surface area (Å²) in [6, 6.07) is 8.81. The Morgan fingerprint density at radius 2 is 2.06 bits per heavy atom. The van der Waals surface area contributed by atoms with Gasteiger partial charge in [-0.3, -0.25) is 0 Å². The lowest BCUT2D eigenvalue weighted by Gasteiger charge is -2.18. The van der Waals surface area contributed by atoms with Crippen molar-refractivity contribution in [2.24, 2.45) is 5.92 Å². The SMILES string of the molecule is CC(Cl)c1nc2ccccc2n1C(C)CC1CC1. The third kappa shape index (κ3) is 2.14. The minimum absolute atomic E-state index is 0.0425. The van der Waals surface area contributed by atoms with E-state index in [-0.39, 0.29) is 5.38 Å². The third-order valence-corrected chi connectivity index (χ3v) is 3.99. The van der Waals surface area contributed by atoms with Crippen LogP contribution >= 0.6 is 11.6 Å². The number of alkyl halides is 1. The van der Waals surface area contributed by atoms with Gasteiger partial charge in [0.15, 0.2) is 0 Å². The molecule has 2 aromatic rings. The van der Waals surface area contributed by atoms with Crippen molar-refractivity contribution in [2.45, 2.75) is 44.5 Å². The molecule has 1 aliphatic rings. The highest BCUT2D eigenvalue weighted by molar-refractivity contribution is 6.20. The largest absolute Gasteiger partial charge is 0.324 e. The van der Waals surface area contributed by atoms with Crippen LogP contribution in [0.15, 0.2) is 24.3 Å². The molecule has 96 valence electrons. The Morgan fingerprint density at radius 3 is 2.72 bits per heavy atom. The van der Waals surface area contributed by atoms with Gasteiger partial charge < -0.3 is 4.57 Å². The molecular weight excluding hydrogens is 244 g/mol. The Bertz CT molecular complexity index is 555. The molecule has 2 atom stereocenters. The van der Waals surface area contributed by atoms with Gasteiger partial charge in [-0.15, -0.1) is 11.6 Å². The summed E-state index contributed by atoms with van der Waals surface area (Å²) in [5, 5.41) is -0.0425. The monoisotopic (exact) mass is 262 g/mol. The number of hydrogen-bond donors (Lipinski definition) is 0. The summed E-state index contributed by atoms with van der Waals surface area (Å²) in [7, 11) is 0. The summed E-state index contributed by atoms with van der Waals surface area (Å²) in [4.78, 5) is 4.69. The smallest absolute Gasteiger partial charge is 0.127 e. The van der Waals surface area contributed by atoms with Crippen LogP contribution < -0.4 is 0 Å². The molecule has 18 heavy (non-hydrogen) atoms. The molecule has 0 spiro atoms. The third-order valence-electron chi connectivity index (χ3n) is 3.79. The highest BCUT2D eigenvalue weighted by Crippen LogP contribution is 2.39. The standard InChI is InChI=1S/C15H19ClN2/c1-10(9-12-7-8-12)18-14-6-4-3-5-13(14)17-15(18)11(2)16/h3-6,10-12H,7-9H2,1-2H3. The van der Waals surface area contributed by atoms with Gasteiger partial charge >= 0.3 is 0 Å². The lowest BCUT2D eigenvalue weighted by Crippen LogP contribution is -2.10. The molecule has 1 aromatic heterocycles. The van der Waals surface area contributed by atoms with Crippen LogP contribution in [-0.2, 0) is 0 Å². The summed E-state index contributed by atoms with van der Waals surface area (Å²) >= 11 is 6.29. The Kier molecular flexibility index (Phi) is 3.06. The van der Waals surface area contributed by atoms with Crippen LogP contribution in [0.4, 0.5) is 0 Å². The van der Waals surface area contributed by atoms with E-state index in [2.05, 4.69) is 29.7 Å². The second-order valence-electron chi connectivity index (χ2n) is 5.47. The van der Waals surface area contributed by atoms with Crippen molar-refractivity contribution in [2.75, 3.05) is 0 Å². The normalized spacial score (nSPS) is 19.1. The Hall–Kier alpha value is -1.02. The summed E-state index contributed by atoms with van der Waals surface area (Å²) < 4.78 is 2.34. The van der Waals surface area contributed by atoms with Gasteiger partial charge in [-0.25, -0.2) is 4.98 Å². The molecular formula is C15H19ClN2. The summed E-state index contributed by atoms with van der Waals surface area (Å²) in [6.07, 6.45) is 4.03. The second-order valence-corrected chi connectivity index (χ2v) is 6.13. The van der Waals surface area contributed by atoms with E-state index >= 15 is 0 Å². The Morgan fingerprint density at radius 1 is 1.33 bits per heavy atom.